The van der Waals surface area contributed by atoms with Crippen LogP contribution in [0.2, 0.25) is 5.02 Å². The Labute approximate surface area is 105 Å². The highest BCUT2D eigenvalue weighted by Gasteiger charge is 2.09. The van der Waals surface area contributed by atoms with Crippen LogP contribution in [0, 0.1) is 0 Å². The van der Waals surface area contributed by atoms with Crippen LogP contribution in [0.5, 0.6) is 0 Å². The lowest BCUT2D eigenvalue weighted by atomic mass is 10.2. The van der Waals surface area contributed by atoms with Crippen molar-refractivity contribution in [2.45, 2.75) is 29.9 Å². The summed E-state index contributed by atoms with van der Waals surface area (Å²) in [5, 5.41) is 1.08. The summed E-state index contributed by atoms with van der Waals surface area (Å²) in [7, 11) is 0. The van der Waals surface area contributed by atoms with E-state index < -0.39 is 0 Å². The first kappa shape index (κ1) is 13.4. The van der Waals surface area contributed by atoms with E-state index in [9.17, 15) is 4.79 Å². The van der Waals surface area contributed by atoms with Crippen LogP contribution in [-0.4, -0.2) is 11.2 Å². The predicted molar refractivity (Wildman–Crippen MR) is 68.3 cm³/mol. The number of carbonyl (C=O) groups is 1. The summed E-state index contributed by atoms with van der Waals surface area (Å²) in [6.07, 6.45) is 1.22. The number of hydrogen-bond donors (Lipinski definition) is 2. The van der Waals surface area contributed by atoms with E-state index in [1.165, 1.54) is 0 Å². The molecule has 0 saturated heterocycles. The van der Waals surface area contributed by atoms with E-state index in [0.717, 1.165) is 16.3 Å². The van der Waals surface area contributed by atoms with Crippen LogP contribution in [0.1, 0.15) is 19.8 Å². The average molecular weight is 259 g/mol. The van der Waals surface area contributed by atoms with Crippen LogP contribution in [-0.2, 0) is 4.79 Å². The Kier molecular flexibility index (Phi) is 5.66. The lowest BCUT2D eigenvalue weighted by molar-refractivity contribution is -0.121. The van der Waals surface area contributed by atoms with E-state index in [2.05, 4.69) is 12.3 Å². The molecule has 1 aromatic carbocycles. The molecular weight excluding hydrogens is 244 g/mol. The fourth-order valence-corrected chi connectivity index (χ4v) is 2.50. The normalized spacial score (nSPS) is 12.2. The molecule has 0 saturated carbocycles. The second-order valence-corrected chi connectivity index (χ2v) is 5.35. The van der Waals surface area contributed by atoms with E-state index in [1.807, 2.05) is 24.3 Å². The Hall–Kier alpha value is -0.710. The van der Waals surface area contributed by atoms with E-state index in [1.54, 1.807) is 11.8 Å². The Bertz CT molecular complexity index is 360. The number of hydrazine groups is 1. The molecule has 5 heteroatoms. The summed E-state index contributed by atoms with van der Waals surface area (Å²) in [5.74, 6) is 4.87. The van der Waals surface area contributed by atoms with E-state index in [0.29, 0.717) is 11.7 Å². The lowest BCUT2D eigenvalue weighted by Crippen LogP contribution is -2.30. The van der Waals surface area contributed by atoms with Gasteiger partial charge in [0, 0.05) is 16.6 Å². The molecule has 0 fully saturated rings. The summed E-state index contributed by atoms with van der Waals surface area (Å²) in [4.78, 5) is 12.0. The average Bonchev–Trinajstić information content (AvgIpc) is 2.29. The first-order chi connectivity index (χ1) is 7.63. The van der Waals surface area contributed by atoms with Crippen LogP contribution in [0.3, 0.4) is 0 Å². The maximum absolute atomic E-state index is 11.0. The summed E-state index contributed by atoms with van der Waals surface area (Å²) in [6, 6.07) is 7.70. The lowest BCUT2D eigenvalue weighted by Gasteiger charge is -2.11. The summed E-state index contributed by atoms with van der Waals surface area (Å²) >= 11 is 7.71. The second kappa shape index (κ2) is 6.78. The Morgan fingerprint density at radius 1 is 1.56 bits per heavy atom. The van der Waals surface area contributed by atoms with Gasteiger partial charge in [0.1, 0.15) is 0 Å². The number of hydrogen-bond acceptors (Lipinski definition) is 3. The number of nitrogens with one attached hydrogen (secondary N) is 1. The molecule has 3 N–H and O–H groups in total. The summed E-state index contributed by atoms with van der Waals surface area (Å²) in [5.41, 5.74) is 2.12. The minimum atomic E-state index is -0.133. The molecule has 1 aromatic rings. The molecule has 0 bridgehead atoms. The van der Waals surface area contributed by atoms with E-state index in [4.69, 9.17) is 17.4 Å². The van der Waals surface area contributed by atoms with Gasteiger partial charge in [-0.25, -0.2) is 5.84 Å². The maximum Gasteiger partial charge on any atom is 0.233 e. The third-order valence-electron chi connectivity index (χ3n) is 2.10. The highest BCUT2D eigenvalue weighted by Crippen LogP contribution is 2.31. The van der Waals surface area contributed by atoms with Crippen molar-refractivity contribution in [3.05, 3.63) is 29.3 Å². The second-order valence-electron chi connectivity index (χ2n) is 3.47. The molecule has 0 aliphatic heterocycles. The van der Waals surface area contributed by atoms with Gasteiger partial charge in [-0.1, -0.05) is 30.7 Å². The monoisotopic (exact) mass is 258 g/mol. The van der Waals surface area contributed by atoms with Gasteiger partial charge in [0.25, 0.3) is 0 Å². The van der Waals surface area contributed by atoms with Crippen LogP contribution < -0.4 is 11.3 Å². The number of carbonyl (C=O) groups excluding carboxylic acids is 1. The highest BCUT2D eigenvalue weighted by atomic mass is 35.5. The maximum atomic E-state index is 11.0. The zero-order valence-corrected chi connectivity index (χ0v) is 10.6. The van der Waals surface area contributed by atoms with Crippen molar-refractivity contribution < 1.29 is 4.79 Å². The van der Waals surface area contributed by atoms with E-state index in [-0.39, 0.29) is 5.91 Å². The van der Waals surface area contributed by atoms with Crippen LogP contribution in [0.25, 0.3) is 0 Å². The molecule has 16 heavy (non-hydrogen) atoms. The molecule has 0 spiro atoms. The Morgan fingerprint density at radius 3 is 2.88 bits per heavy atom. The van der Waals surface area contributed by atoms with Crippen molar-refractivity contribution >= 4 is 29.3 Å². The number of amides is 1. The minimum absolute atomic E-state index is 0.133. The van der Waals surface area contributed by atoms with Crippen molar-refractivity contribution in [3.63, 3.8) is 0 Å². The standard InChI is InChI=1S/C11H15ClN2OS/c1-8(6-7-11(15)14-13)16-10-5-3-2-4-9(10)12/h2-5,8H,6-7,13H2,1H3,(H,14,15). The fraction of sp³-hybridized carbons (Fsp3) is 0.364. The quantitative estimate of drug-likeness (QED) is 0.369. The zero-order chi connectivity index (χ0) is 12.0. The van der Waals surface area contributed by atoms with Gasteiger partial charge in [-0.2, -0.15) is 0 Å². The molecule has 88 valence electrons. The largest absolute Gasteiger partial charge is 0.294 e. The number of rotatable bonds is 5. The molecule has 1 amide bonds. The van der Waals surface area contributed by atoms with Crippen LogP contribution in [0.4, 0.5) is 0 Å². The van der Waals surface area contributed by atoms with Crippen molar-refractivity contribution in [3.8, 4) is 0 Å². The molecule has 0 aliphatic rings. The zero-order valence-electron chi connectivity index (χ0n) is 9.07. The van der Waals surface area contributed by atoms with Crippen LogP contribution >= 0.6 is 23.4 Å². The number of benzene rings is 1. The van der Waals surface area contributed by atoms with Gasteiger partial charge in [0.2, 0.25) is 5.91 Å². The van der Waals surface area contributed by atoms with Crippen molar-refractivity contribution in [1.29, 1.82) is 0 Å². The van der Waals surface area contributed by atoms with E-state index >= 15 is 0 Å². The topological polar surface area (TPSA) is 55.1 Å². The predicted octanol–water partition coefficient (Wildman–Crippen LogP) is 2.59. The number of thioether (sulfide) groups is 1. The molecule has 1 unspecified atom stereocenters. The molecule has 0 radical (unpaired) electrons. The molecule has 1 rings (SSSR count). The van der Waals surface area contributed by atoms with Gasteiger partial charge >= 0.3 is 0 Å². The summed E-state index contributed by atoms with van der Waals surface area (Å²) in [6.45, 7) is 2.07. The molecule has 1 atom stereocenters. The third kappa shape index (κ3) is 4.43. The van der Waals surface area contributed by atoms with Gasteiger partial charge in [0.05, 0.1) is 5.02 Å². The summed E-state index contributed by atoms with van der Waals surface area (Å²) < 4.78 is 0. The molecule has 0 aliphatic carbocycles. The van der Waals surface area contributed by atoms with Gasteiger partial charge < -0.3 is 0 Å². The smallest absolute Gasteiger partial charge is 0.233 e. The Balaban J connectivity index is 2.43. The van der Waals surface area contributed by atoms with Crippen molar-refractivity contribution in [1.82, 2.24) is 5.43 Å². The molecular formula is C11H15ClN2OS. The minimum Gasteiger partial charge on any atom is -0.294 e. The Morgan fingerprint density at radius 2 is 2.25 bits per heavy atom. The van der Waals surface area contributed by atoms with Gasteiger partial charge in [-0.3, -0.25) is 10.2 Å². The van der Waals surface area contributed by atoms with Gasteiger partial charge in [0.15, 0.2) is 0 Å². The van der Waals surface area contributed by atoms with Crippen LogP contribution in [0.15, 0.2) is 29.2 Å². The number of halogens is 1. The first-order valence-corrected chi connectivity index (χ1v) is 6.30. The first-order valence-electron chi connectivity index (χ1n) is 5.04. The molecule has 0 aromatic heterocycles. The number of nitrogens with two attached hydrogens (primary N) is 1. The van der Waals surface area contributed by atoms with Crippen molar-refractivity contribution in [2.75, 3.05) is 0 Å². The van der Waals surface area contributed by atoms with Crippen molar-refractivity contribution in [2.24, 2.45) is 5.84 Å². The molecule has 3 nitrogen and oxygen atoms in total. The fourth-order valence-electron chi connectivity index (χ4n) is 1.22. The highest BCUT2D eigenvalue weighted by molar-refractivity contribution is 8.00. The SMILES string of the molecule is CC(CCC(=O)NN)Sc1ccccc1Cl. The van der Waals surface area contributed by atoms with Gasteiger partial charge in [-0.15, -0.1) is 11.8 Å². The van der Waals surface area contributed by atoms with Gasteiger partial charge in [-0.05, 0) is 18.6 Å². The third-order valence-corrected chi connectivity index (χ3v) is 3.79. The molecule has 0 heterocycles.